The first kappa shape index (κ1) is 20.8. The molecule has 0 aromatic carbocycles. The molecule has 23 heavy (non-hydrogen) atoms. The third-order valence-corrected chi connectivity index (χ3v) is 6.32. The fourth-order valence-electron chi connectivity index (χ4n) is 1.49. The Morgan fingerprint density at radius 3 is 2.17 bits per heavy atom. The summed E-state index contributed by atoms with van der Waals surface area (Å²) in [4.78, 5) is 1.33. The summed E-state index contributed by atoms with van der Waals surface area (Å²) >= 11 is 15.4. The van der Waals surface area contributed by atoms with Crippen molar-refractivity contribution < 1.29 is 0 Å². The van der Waals surface area contributed by atoms with E-state index in [2.05, 4.69) is 31.7 Å². The Morgan fingerprint density at radius 2 is 1.61 bits per heavy atom. The lowest BCUT2D eigenvalue weighted by atomic mass is 10.4. The molecular weight excluding hydrogens is 387 g/mol. The molecule has 0 aliphatic carbocycles. The lowest BCUT2D eigenvalue weighted by molar-refractivity contribution is 0.942. The van der Waals surface area contributed by atoms with E-state index in [1.165, 1.54) is 10.6 Å². The maximum atomic E-state index is 5.03. The first-order valence-corrected chi connectivity index (χ1v) is 11.1. The molecule has 0 bridgehead atoms. The van der Waals surface area contributed by atoms with E-state index < -0.39 is 0 Å². The molecule has 0 saturated carbocycles. The first-order chi connectivity index (χ1) is 11.2. The van der Waals surface area contributed by atoms with Gasteiger partial charge in [0.2, 0.25) is 0 Å². The summed E-state index contributed by atoms with van der Waals surface area (Å²) in [6.07, 6.45) is 0. The summed E-state index contributed by atoms with van der Waals surface area (Å²) in [5.74, 6) is 4.00. The van der Waals surface area contributed by atoms with E-state index in [0.29, 0.717) is 10.2 Å². The topological polar surface area (TPSA) is 61.0 Å². The zero-order valence-corrected chi connectivity index (χ0v) is 17.4. The van der Waals surface area contributed by atoms with Gasteiger partial charge >= 0.3 is 0 Å². The van der Waals surface area contributed by atoms with E-state index in [1.807, 2.05) is 37.6 Å². The zero-order chi connectivity index (χ0) is 16.9. The molecule has 0 spiro atoms. The summed E-state index contributed by atoms with van der Waals surface area (Å²) in [7, 11) is 3.65. The van der Waals surface area contributed by atoms with Crippen molar-refractivity contribution in [3.05, 3.63) is 16.6 Å². The molecule has 0 amide bonds. The number of aromatic nitrogens is 1. The van der Waals surface area contributed by atoms with Crippen LogP contribution in [0.25, 0.3) is 0 Å². The van der Waals surface area contributed by atoms with Crippen LogP contribution in [0, 0.1) is 0 Å². The number of nitrogens with one attached hydrogen (secondary N) is 4. The van der Waals surface area contributed by atoms with Crippen LogP contribution in [0.1, 0.15) is 10.6 Å². The van der Waals surface area contributed by atoms with Crippen molar-refractivity contribution in [3.8, 4) is 0 Å². The number of rotatable bonds is 10. The van der Waals surface area contributed by atoms with Crippen LogP contribution in [-0.2, 0) is 11.5 Å². The maximum absolute atomic E-state index is 5.03. The molecule has 0 aliphatic rings. The Hall–Kier alpha value is -0.290. The van der Waals surface area contributed by atoms with Crippen LogP contribution < -0.4 is 21.3 Å². The van der Waals surface area contributed by atoms with Gasteiger partial charge in [-0.3, -0.25) is 0 Å². The predicted octanol–water partition coefficient (Wildman–Crippen LogP) is 1.80. The molecule has 1 rings (SSSR count). The van der Waals surface area contributed by atoms with Crippen LogP contribution in [-0.4, -0.2) is 53.3 Å². The van der Waals surface area contributed by atoms with Crippen molar-refractivity contribution >= 4 is 69.7 Å². The normalized spacial score (nSPS) is 10.2. The third-order valence-electron chi connectivity index (χ3n) is 2.62. The second kappa shape index (κ2) is 13.1. The molecule has 5 nitrogen and oxygen atoms in total. The molecule has 10 heteroatoms. The highest BCUT2D eigenvalue weighted by Gasteiger charge is 2.03. The highest BCUT2D eigenvalue weighted by atomic mass is 32.2. The monoisotopic (exact) mass is 409 g/mol. The number of thiocarbonyl (C=S) groups is 2. The van der Waals surface area contributed by atoms with Gasteiger partial charge in [0.05, 0.1) is 5.69 Å². The van der Waals surface area contributed by atoms with Gasteiger partial charge in [0.1, 0.15) is 0 Å². The largest absolute Gasteiger partial charge is 0.366 e. The molecular formula is C13H23N5S5. The summed E-state index contributed by atoms with van der Waals surface area (Å²) in [6, 6.07) is 2.21. The minimum Gasteiger partial charge on any atom is -0.366 e. The average Bonchev–Trinajstić information content (AvgIpc) is 3.01. The van der Waals surface area contributed by atoms with Crippen LogP contribution in [0.5, 0.6) is 0 Å². The van der Waals surface area contributed by atoms with Gasteiger partial charge < -0.3 is 21.3 Å². The predicted molar refractivity (Wildman–Crippen MR) is 114 cm³/mol. The van der Waals surface area contributed by atoms with Gasteiger partial charge in [-0.05, 0) is 42.0 Å². The Bertz CT molecular complexity index is 439. The van der Waals surface area contributed by atoms with Crippen molar-refractivity contribution in [1.29, 1.82) is 0 Å². The molecule has 1 aromatic heterocycles. The Balaban J connectivity index is 2.07. The van der Waals surface area contributed by atoms with E-state index >= 15 is 0 Å². The highest BCUT2D eigenvalue weighted by Crippen LogP contribution is 2.20. The van der Waals surface area contributed by atoms with Crippen molar-refractivity contribution in [2.24, 2.45) is 0 Å². The Kier molecular flexibility index (Phi) is 11.8. The molecule has 1 aromatic rings. The molecule has 0 fully saturated rings. The minimum atomic E-state index is 0.698. The maximum Gasteiger partial charge on any atom is 0.166 e. The molecule has 0 atom stereocenters. The minimum absolute atomic E-state index is 0.698. The number of hydrogen-bond acceptors (Lipinski definition) is 6. The number of hydrogen-bond donors (Lipinski definition) is 4. The second-order valence-electron chi connectivity index (χ2n) is 4.40. The van der Waals surface area contributed by atoms with Crippen molar-refractivity contribution in [1.82, 2.24) is 25.6 Å². The van der Waals surface area contributed by atoms with E-state index in [0.717, 1.165) is 36.1 Å². The quantitative estimate of drug-likeness (QED) is 0.342. The fourth-order valence-corrected chi connectivity index (χ4v) is 4.20. The number of thioether (sulfide) groups is 2. The van der Waals surface area contributed by atoms with E-state index in [1.54, 1.807) is 11.5 Å². The molecule has 0 unspecified atom stereocenters. The lowest BCUT2D eigenvalue weighted by Gasteiger charge is -2.05. The zero-order valence-electron chi connectivity index (χ0n) is 13.3. The number of nitrogens with zero attached hydrogens (tertiary/aromatic N) is 1. The molecule has 4 N–H and O–H groups in total. The molecule has 0 aliphatic heterocycles. The first-order valence-electron chi connectivity index (χ1n) is 7.16. The van der Waals surface area contributed by atoms with E-state index in [4.69, 9.17) is 24.4 Å². The van der Waals surface area contributed by atoms with Crippen molar-refractivity contribution in [2.45, 2.75) is 11.5 Å². The van der Waals surface area contributed by atoms with E-state index in [9.17, 15) is 0 Å². The SMILES string of the molecule is CNC(=S)NCCSCc1cc(CSCCNC(=S)NC)sn1. The van der Waals surface area contributed by atoms with Gasteiger partial charge in [-0.1, -0.05) is 0 Å². The van der Waals surface area contributed by atoms with Gasteiger partial charge in [0, 0.05) is 55.1 Å². The van der Waals surface area contributed by atoms with Crippen LogP contribution in [0.4, 0.5) is 0 Å². The van der Waals surface area contributed by atoms with Crippen LogP contribution in [0.2, 0.25) is 0 Å². The van der Waals surface area contributed by atoms with Gasteiger partial charge in [0.25, 0.3) is 0 Å². The van der Waals surface area contributed by atoms with Gasteiger partial charge in [-0.25, -0.2) is 0 Å². The van der Waals surface area contributed by atoms with E-state index in [-0.39, 0.29) is 0 Å². The molecule has 1 heterocycles. The van der Waals surface area contributed by atoms with Crippen LogP contribution in [0.3, 0.4) is 0 Å². The molecule has 0 saturated heterocycles. The fraction of sp³-hybridized carbons (Fsp3) is 0.615. The highest BCUT2D eigenvalue weighted by molar-refractivity contribution is 7.98. The second-order valence-corrected chi connectivity index (χ2v) is 8.32. The summed E-state index contributed by atoms with van der Waals surface area (Å²) in [5, 5.41) is 13.5. The van der Waals surface area contributed by atoms with Crippen molar-refractivity contribution in [2.75, 3.05) is 38.7 Å². The average molecular weight is 410 g/mol. The standard InChI is InChI=1S/C13H23N5S5/c1-14-12(19)16-3-5-21-8-10-7-11(23-18-10)9-22-6-4-17-13(20)15-2/h7H,3-6,8-9H2,1-2H3,(H2,14,16,19)(H2,15,17,20). The third kappa shape index (κ3) is 10.2. The lowest BCUT2D eigenvalue weighted by Crippen LogP contribution is -2.33. The van der Waals surface area contributed by atoms with Gasteiger partial charge in [0.15, 0.2) is 10.2 Å². The van der Waals surface area contributed by atoms with Gasteiger partial charge in [-0.15, -0.1) is 0 Å². The van der Waals surface area contributed by atoms with Crippen LogP contribution >= 0.6 is 59.5 Å². The van der Waals surface area contributed by atoms with Crippen LogP contribution in [0.15, 0.2) is 6.07 Å². The summed E-state index contributed by atoms with van der Waals surface area (Å²) in [6.45, 7) is 1.76. The Labute approximate surface area is 161 Å². The van der Waals surface area contributed by atoms with Gasteiger partial charge in [-0.2, -0.15) is 27.9 Å². The molecule has 130 valence electrons. The summed E-state index contributed by atoms with van der Waals surface area (Å²) < 4.78 is 4.51. The Morgan fingerprint density at radius 1 is 1.04 bits per heavy atom. The smallest absolute Gasteiger partial charge is 0.166 e. The summed E-state index contributed by atoms with van der Waals surface area (Å²) in [5.41, 5.74) is 1.17. The van der Waals surface area contributed by atoms with Crippen molar-refractivity contribution in [3.63, 3.8) is 0 Å². The molecule has 0 radical (unpaired) electrons.